The zero-order valence-electron chi connectivity index (χ0n) is 7.68. The fourth-order valence-electron chi connectivity index (χ4n) is 1.20. The number of hydrogen-bond donors (Lipinski definition) is 0. The highest BCUT2D eigenvalue weighted by Gasteiger charge is 2.36. The highest BCUT2D eigenvalue weighted by molar-refractivity contribution is 5.09. The number of hydrogen-bond acceptors (Lipinski definition) is 2. The Hall–Kier alpha value is -0.340. The molecule has 0 radical (unpaired) electrons. The molecule has 0 N–H and O–H groups in total. The van der Waals surface area contributed by atoms with Crippen molar-refractivity contribution in [2.45, 2.75) is 39.6 Å². The zero-order chi connectivity index (χ0) is 8.48. The van der Waals surface area contributed by atoms with E-state index in [1.165, 1.54) is 0 Å². The van der Waals surface area contributed by atoms with Crippen molar-refractivity contribution in [3.63, 3.8) is 0 Å². The first-order chi connectivity index (χ1) is 5.08. The van der Waals surface area contributed by atoms with Gasteiger partial charge >= 0.3 is 0 Å². The van der Waals surface area contributed by atoms with Crippen molar-refractivity contribution in [2.24, 2.45) is 0 Å². The molecule has 1 fully saturated rings. The number of ether oxygens (including phenoxy) is 2. The molecule has 0 saturated carbocycles. The van der Waals surface area contributed by atoms with Gasteiger partial charge in [0.15, 0.2) is 5.79 Å². The molecule has 0 bridgehead atoms. The van der Waals surface area contributed by atoms with Crippen LogP contribution in [0.2, 0.25) is 0 Å². The van der Waals surface area contributed by atoms with E-state index in [1.807, 2.05) is 33.8 Å². The van der Waals surface area contributed by atoms with E-state index in [-0.39, 0.29) is 6.10 Å². The van der Waals surface area contributed by atoms with E-state index in [9.17, 15) is 0 Å². The summed E-state index contributed by atoms with van der Waals surface area (Å²) in [6.45, 7) is 8.70. The Kier molecular flexibility index (Phi) is 2.35. The SMILES string of the molecule is C/C=C(/C)C1(C)OCC(C)O1. The largest absolute Gasteiger partial charge is 0.344 e. The molecule has 0 aromatic rings. The molecule has 0 aromatic carbocycles. The Morgan fingerprint density at radius 3 is 2.64 bits per heavy atom. The van der Waals surface area contributed by atoms with Crippen LogP contribution in [0.3, 0.4) is 0 Å². The zero-order valence-corrected chi connectivity index (χ0v) is 7.68. The van der Waals surface area contributed by atoms with Crippen LogP contribution in [-0.4, -0.2) is 18.5 Å². The van der Waals surface area contributed by atoms with Crippen LogP contribution in [0.15, 0.2) is 11.6 Å². The molecule has 64 valence electrons. The summed E-state index contributed by atoms with van der Waals surface area (Å²) in [7, 11) is 0. The average Bonchev–Trinajstić information content (AvgIpc) is 2.31. The van der Waals surface area contributed by atoms with Gasteiger partial charge in [0.2, 0.25) is 0 Å². The van der Waals surface area contributed by atoms with E-state index in [1.54, 1.807) is 0 Å². The highest BCUT2D eigenvalue weighted by atomic mass is 16.7. The molecular weight excluding hydrogens is 140 g/mol. The molecule has 2 nitrogen and oxygen atoms in total. The van der Waals surface area contributed by atoms with E-state index in [0.29, 0.717) is 6.61 Å². The first kappa shape index (κ1) is 8.75. The van der Waals surface area contributed by atoms with Crippen LogP contribution >= 0.6 is 0 Å². The van der Waals surface area contributed by atoms with Crippen LogP contribution in [-0.2, 0) is 9.47 Å². The van der Waals surface area contributed by atoms with Gasteiger partial charge < -0.3 is 9.47 Å². The molecule has 2 heteroatoms. The van der Waals surface area contributed by atoms with Crippen molar-refractivity contribution in [3.8, 4) is 0 Å². The summed E-state index contributed by atoms with van der Waals surface area (Å²) in [6, 6.07) is 0. The molecule has 11 heavy (non-hydrogen) atoms. The molecule has 2 atom stereocenters. The van der Waals surface area contributed by atoms with Gasteiger partial charge in [-0.15, -0.1) is 0 Å². The number of allylic oxidation sites excluding steroid dienone is 1. The van der Waals surface area contributed by atoms with Crippen LogP contribution in [0.1, 0.15) is 27.7 Å². The molecule has 0 aliphatic carbocycles. The second-order valence-corrected chi connectivity index (χ2v) is 3.16. The maximum atomic E-state index is 5.61. The van der Waals surface area contributed by atoms with Crippen molar-refractivity contribution in [1.82, 2.24) is 0 Å². The predicted molar refractivity (Wildman–Crippen MR) is 44.3 cm³/mol. The van der Waals surface area contributed by atoms with Crippen LogP contribution in [0.5, 0.6) is 0 Å². The summed E-state index contributed by atoms with van der Waals surface area (Å²) in [4.78, 5) is 0. The van der Waals surface area contributed by atoms with Crippen LogP contribution in [0.4, 0.5) is 0 Å². The van der Waals surface area contributed by atoms with Crippen LogP contribution < -0.4 is 0 Å². The summed E-state index contributed by atoms with van der Waals surface area (Å²) >= 11 is 0. The summed E-state index contributed by atoms with van der Waals surface area (Å²) in [5.41, 5.74) is 1.14. The van der Waals surface area contributed by atoms with Crippen molar-refractivity contribution < 1.29 is 9.47 Å². The van der Waals surface area contributed by atoms with Crippen molar-refractivity contribution in [2.75, 3.05) is 6.61 Å². The maximum Gasteiger partial charge on any atom is 0.188 e. The van der Waals surface area contributed by atoms with Gasteiger partial charge in [0.25, 0.3) is 0 Å². The minimum atomic E-state index is -0.464. The molecular formula is C9H16O2. The van der Waals surface area contributed by atoms with Gasteiger partial charge in [-0.25, -0.2) is 0 Å². The van der Waals surface area contributed by atoms with E-state index < -0.39 is 5.79 Å². The minimum Gasteiger partial charge on any atom is -0.344 e. The average molecular weight is 156 g/mol. The summed E-state index contributed by atoms with van der Waals surface area (Å²) < 4.78 is 11.1. The van der Waals surface area contributed by atoms with Crippen LogP contribution in [0.25, 0.3) is 0 Å². The van der Waals surface area contributed by atoms with Gasteiger partial charge in [0.1, 0.15) is 0 Å². The Bertz CT molecular complexity index is 174. The second kappa shape index (κ2) is 2.95. The van der Waals surface area contributed by atoms with Gasteiger partial charge in [-0.05, 0) is 33.3 Å². The molecule has 0 amide bonds. The highest BCUT2D eigenvalue weighted by Crippen LogP contribution is 2.29. The standard InChI is InChI=1S/C9H16O2/c1-5-7(2)9(4)10-6-8(3)11-9/h5,8H,6H2,1-4H3/b7-5-. The lowest BCUT2D eigenvalue weighted by Crippen LogP contribution is -2.27. The summed E-state index contributed by atoms with van der Waals surface area (Å²) in [5.74, 6) is -0.464. The Labute approximate surface area is 68.2 Å². The van der Waals surface area contributed by atoms with E-state index in [0.717, 1.165) is 5.57 Å². The van der Waals surface area contributed by atoms with Crippen LogP contribution in [0, 0.1) is 0 Å². The molecule has 1 saturated heterocycles. The fraction of sp³-hybridized carbons (Fsp3) is 0.778. The van der Waals surface area contributed by atoms with Gasteiger partial charge in [0, 0.05) is 0 Å². The fourth-order valence-corrected chi connectivity index (χ4v) is 1.20. The molecule has 0 aromatic heterocycles. The third-order valence-electron chi connectivity index (χ3n) is 2.17. The third kappa shape index (κ3) is 1.63. The first-order valence-electron chi connectivity index (χ1n) is 4.03. The lowest BCUT2D eigenvalue weighted by atomic mass is 10.1. The third-order valence-corrected chi connectivity index (χ3v) is 2.17. The topological polar surface area (TPSA) is 18.5 Å². The van der Waals surface area contributed by atoms with Crippen molar-refractivity contribution in [3.05, 3.63) is 11.6 Å². The Balaban J connectivity index is 2.69. The van der Waals surface area contributed by atoms with Crippen molar-refractivity contribution in [1.29, 1.82) is 0 Å². The van der Waals surface area contributed by atoms with Gasteiger partial charge in [0.05, 0.1) is 12.7 Å². The molecule has 1 rings (SSSR count). The molecule has 2 unspecified atom stereocenters. The van der Waals surface area contributed by atoms with E-state index in [2.05, 4.69) is 0 Å². The minimum absolute atomic E-state index is 0.217. The first-order valence-corrected chi connectivity index (χ1v) is 4.03. The lowest BCUT2D eigenvalue weighted by molar-refractivity contribution is -0.120. The normalized spacial score (nSPS) is 39.6. The second-order valence-electron chi connectivity index (χ2n) is 3.16. The lowest BCUT2D eigenvalue weighted by Gasteiger charge is -2.23. The summed E-state index contributed by atoms with van der Waals surface area (Å²) in [6.07, 6.45) is 2.24. The molecule has 1 heterocycles. The predicted octanol–water partition coefficient (Wildman–Crippen LogP) is 2.10. The van der Waals surface area contributed by atoms with E-state index >= 15 is 0 Å². The molecule has 0 spiro atoms. The van der Waals surface area contributed by atoms with Gasteiger partial charge in [-0.2, -0.15) is 0 Å². The smallest absolute Gasteiger partial charge is 0.188 e. The number of rotatable bonds is 1. The Morgan fingerprint density at radius 2 is 2.27 bits per heavy atom. The van der Waals surface area contributed by atoms with Gasteiger partial charge in [-0.3, -0.25) is 0 Å². The van der Waals surface area contributed by atoms with Crippen molar-refractivity contribution >= 4 is 0 Å². The molecule has 1 aliphatic heterocycles. The van der Waals surface area contributed by atoms with E-state index in [4.69, 9.17) is 9.47 Å². The molecule has 1 aliphatic rings. The quantitative estimate of drug-likeness (QED) is 0.541. The summed E-state index contributed by atoms with van der Waals surface area (Å²) in [5, 5.41) is 0. The maximum absolute atomic E-state index is 5.61. The van der Waals surface area contributed by atoms with Gasteiger partial charge in [-0.1, -0.05) is 6.08 Å². The monoisotopic (exact) mass is 156 g/mol. The Morgan fingerprint density at radius 1 is 1.64 bits per heavy atom.